The smallest absolute Gasteiger partial charge is 0.172 e. The summed E-state index contributed by atoms with van der Waals surface area (Å²) in [6.07, 6.45) is 3.94. The van der Waals surface area contributed by atoms with Crippen molar-refractivity contribution in [2.45, 2.75) is 25.7 Å². The Morgan fingerprint density at radius 2 is 1.92 bits per heavy atom. The zero-order valence-corrected chi connectivity index (χ0v) is 15.9. The van der Waals surface area contributed by atoms with Crippen molar-refractivity contribution in [3.63, 3.8) is 0 Å². The number of rotatable bonds is 8. The fourth-order valence-corrected chi connectivity index (χ4v) is 3.99. The molecule has 1 aliphatic heterocycles. The van der Waals surface area contributed by atoms with Gasteiger partial charge in [0.15, 0.2) is 5.78 Å². The number of anilines is 1. The van der Waals surface area contributed by atoms with Crippen LogP contribution in [0.15, 0.2) is 35.7 Å². The van der Waals surface area contributed by atoms with Crippen molar-refractivity contribution in [3.05, 3.63) is 45.7 Å². The minimum atomic E-state index is 0.289. The molecule has 134 valence electrons. The molecule has 1 fully saturated rings. The summed E-state index contributed by atoms with van der Waals surface area (Å²) in [6.45, 7) is 5.21. The molecule has 0 atom stereocenters. The van der Waals surface area contributed by atoms with Gasteiger partial charge >= 0.3 is 0 Å². The summed E-state index contributed by atoms with van der Waals surface area (Å²) in [6, 6.07) is 9.64. The first-order chi connectivity index (χ1) is 12.2. The van der Waals surface area contributed by atoms with E-state index in [9.17, 15) is 4.79 Å². The molecule has 1 saturated heterocycles. The number of halogens is 1. The van der Waals surface area contributed by atoms with Crippen LogP contribution in [0.3, 0.4) is 0 Å². The standard InChI is InChI=1S/C19H24ClN3OS/c20-18-8-4-9-19(21-18)23-13-11-22(12-14-23)10-3-1-2-6-16(24)17-7-5-15-25-17/h4-5,7-9,15H,1-3,6,10-14H2. The maximum Gasteiger partial charge on any atom is 0.172 e. The molecule has 0 aliphatic carbocycles. The molecule has 0 N–H and O–H groups in total. The van der Waals surface area contributed by atoms with Gasteiger partial charge in [-0.25, -0.2) is 4.98 Å². The Kier molecular flexibility index (Phi) is 6.84. The third-order valence-corrected chi connectivity index (χ3v) is 5.69. The number of hydrogen-bond donors (Lipinski definition) is 0. The van der Waals surface area contributed by atoms with E-state index < -0.39 is 0 Å². The number of ketones is 1. The third-order valence-electron chi connectivity index (χ3n) is 4.57. The Bertz CT molecular complexity index is 669. The van der Waals surface area contributed by atoms with Gasteiger partial charge < -0.3 is 4.90 Å². The first-order valence-electron chi connectivity index (χ1n) is 8.89. The molecule has 0 saturated carbocycles. The van der Waals surface area contributed by atoms with Crippen LogP contribution in [0.5, 0.6) is 0 Å². The van der Waals surface area contributed by atoms with E-state index in [1.54, 1.807) is 11.3 Å². The second kappa shape index (κ2) is 9.32. The Hall–Kier alpha value is -1.43. The van der Waals surface area contributed by atoms with E-state index in [1.165, 1.54) is 0 Å². The van der Waals surface area contributed by atoms with Gasteiger partial charge in [0, 0.05) is 32.6 Å². The highest BCUT2D eigenvalue weighted by Gasteiger charge is 2.17. The number of carbonyl (C=O) groups is 1. The normalized spacial score (nSPS) is 15.5. The van der Waals surface area contributed by atoms with Crippen molar-refractivity contribution in [2.75, 3.05) is 37.6 Å². The summed E-state index contributed by atoms with van der Waals surface area (Å²) in [5.41, 5.74) is 0. The van der Waals surface area contributed by atoms with Crippen LogP contribution in [0.4, 0.5) is 5.82 Å². The monoisotopic (exact) mass is 377 g/mol. The third kappa shape index (κ3) is 5.53. The summed E-state index contributed by atoms with van der Waals surface area (Å²) in [7, 11) is 0. The second-order valence-electron chi connectivity index (χ2n) is 6.36. The number of aromatic nitrogens is 1. The average Bonchev–Trinajstić information content (AvgIpc) is 3.17. The Balaban J connectivity index is 1.30. The van der Waals surface area contributed by atoms with E-state index in [2.05, 4.69) is 14.8 Å². The lowest BCUT2D eigenvalue weighted by atomic mass is 10.1. The summed E-state index contributed by atoms with van der Waals surface area (Å²) in [4.78, 5) is 22.0. The number of unbranched alkanes of at least 4 members (excludes halogenated alkanes) is 2. The van der Waals surface area contributed by atoms with E-state index in [0.29, 0.717) is 11.6 Å². The summed E-state index contributed by atoms with van der Waals surface area (Å²) in [5, 5.41) is 2.52. The first-order valence-corrected chi connectivity index (χ1v) is 10.1. The number of piperazine rings is 1. The maximum absolute atomic E-state index is 11.9. The number of carbonyl (C=O) groups excluding carboxylic acids is 1. The average molecular weight is 378 g/mol. The van der Waals surface area contributed by atoms with E-state index in [0.717, 1.165) is 62.7 Å². The van der Waals surface area contributed by atoms with Gasteiger partial charge in [0.05, 0.1) is 4.88 Å². The number of Topliss-reactive ketones (excluding diaryl/α,β-unsaturated/α-hetero) is 1. The quantitative estimate of drug-likeness (QED) is 0.389. The largest absolute Gasteiger partial charge is 0.354 e. The van der Waals surface area contributed by atoms with Crippen LogP contribution in [0.1, 0.15) is 35.4 Å². The van der Waals surface area contributed by atoms with Crippen molar-refractivity contribution in [2.24, 2.45) is 0 Å². The molecule has 0 unspecified atom stereocenters. The SMILES string of the molecule is O=C(CCCCCN1CCN(c2cccc(Cl)n2)CC1)c1cccs1. The number of thiophene rings is 1. The van der Waals surface area contributed by atoms with Crippen molar-refractivity contribution < 1.29 is 4.79 Å². The van der Waals surface area contributed by atoms with Gasteiger partial charge in [-0.3, -0.25) is 9.69 Å². The molecule has 0 radical (unpaired) electrons. The molecule has 2 aromatic heterocycles. The number of hydrogen-bond acceptors (Lipinski definition) is 5. The molecule has 25 heavy (non-hydrogen) atoms. The van der Waals surface area contributed by atoms with Gasteiger partial charge in [-0.1, -0.05) is 30.2 Å². The predicted octanol–water partition coefficient (Wildman–Crippen LogP) is 4.36. The zero-order chi connectivity index (χ0) is 17.5. The van der Waals surface area contributed by atoms with Crippen LogP contribution in [0.25, 0.3) is 0 Å². The molecule has 3 heterocycles. The Morgan fingerprint density at radius 3 is 2.64 bits per heavy atom. The number of pyridine rings is 1. The molecule has 6 heteroatoms. The molecular formula is C19H24ClN3OS. The summed E-state index contributed by atoms with van der Waals surface area (Å²) >= 11 is 7.52. The van der Waals surface area contributed by atoms with Crippen molar-refractivity contribution >= 4 is 34.5 Å². The summed E-state index contributed by atoms with van der Waals surface area (Å²) < 4.78 is 0. The van der Waals surface area contributed by atoms with Crippen LogP contribution in [0, 0.1) is 0 Å². The van der Waals surface area contributed by atoms with Crippen LogP contribution < -0.4 is 4.90 Å². The predicted molar refractivity (Wildman–Crippen MR) is 105 cm³/mol. The highest BCUT2D eigenvalue weighted by Crippen LogP contribution is 2.17. The molecule has 0 bridgehead atoms. The lowest BCUT2D eigenvalue weighted by Gasteiger charge is -2.35. The highest BCUT2D eigenvalue weighted by atomic mass is 35.5. The zero-order valence-electron chi connectivity index (χ0n) is 14.4. The molecule has 4 nitrogen and oxygen atoms in total. The first kappa shape index (κ1) is 18.4. The summed E-state index contributed by atoms with van der Waals surface area (Å²) in [5.74, 6) is 1.26. The van der Waals surface area contributed by atoms with Gasteiger partial charge in [-0.05, 0) is 43.0 Å². The van der Waals surface area contributed by atoms with E-state index >= 15 is 0 Å². The minimum Gasteiger partial charge on any atom is -0.354 e. The van der Waals surface area contributed by atoms with E-state index in [1.807, 2.05) is 35.7 Å². The fraction of sp³-hybridized carbons (Fsp3) is 0.474. The Labute approximate surface area is 158 Å². The van der Waals surface area contributed by atoms with Crippen LogP contribution >= 0.6 is 22.9 Å². The second-order valence-corrected chi connectivity index (χ2v) is 7.69. The minimum absolute atomic E-state index is 0.289. The molecule has 0 aromatic carbocycles. The molecular weight excluding hydrogens is 354 g/mol. The van der Waals surface area contributed by atoms with Gasteiger partial charge in [0.2, 0.25) is 0 Å². The Morgan fingerprint density at radius 1 is 1.08 bits per heavy atom. The van der Waals surface area contributed by atoms with Crippen LogP contribution in [-0.2, 0) is 0 Å². The van der Waals surface area contributed by atoms with E-state index in [4.69, 9.17) is 11.6 Å². The molecule has 0 amide bonds. The topological polar surface area (TPSA) is 36.4 Å². The molecule has 3 rings (SSSR count). The fourth-order valence-electron chi connectivity index (χ4n) is 3.13. The lowest BCUT2D eigenvalue weighted by Crippen LogP contribution is -2.46. The van der Waals surface area contributed by atoms with Crippen molar-refractivity contribution in [3.8, 4) is 0 Å². The highest BCUT2D eigenvalue weighted by molar-refractivity contribution is 7.12. The van der Waals surface area contributed by atoms with Gasteiger partial charge in [0.25, 0.3) is 0 Å². The lowest BCUT2D eigenvalue weighted by molar-refractivity contribution is 0.0982. The maximum atomic E-state index is 11.9. The van der Waals surface area contributed by atoms with E-state index in [-0.39, 0.29) is 5.78 Å². The molecule has 1 aliphatic rings. The van der Waals surface area contributed by atoms with Gasteiger partial charge in [0.1, 0.15) is 11.0 Å². The van der Waals surface area contributed by atoms with Crippen molar-refractivity contribution in [1.82, 2.24) is 9.88 Å². The number of nitrogens with zero attached hydrogens (tertiary/aromatic N) is 3. The molecule has 2 aromatic rings. The van der Waals surface area contributed by atoms with Gasteiger partial charge in [-0.2, -0.15) is 0 Å². The van der Waals surface area contributed by atoms with Gasteiger partial charge in [-0.15, -0.1) is 11.3 Å². The molecule has 0 spiro atoms. The van der Waals surface area contributed by atoms with Crippen LogP contribution in [-0.4, -0.2) is 48.4 Å². The van der Waals surface area contributed by atoms with Crippen molar-refractivity contribution in [1.29, 1.82) is 0 Å². The van der Waals surface area contributed by atoms with Crippen LogP contribution in [0.2, 0.25) is 5.15 Å².